The van der Waals surface area contributed by atoms with Crippen molar-refractivity contribution in [1.82, 2.24) is 15.0 Å². The monoisotopic (exact) mass is 306 g/mol. The van der Waals surface area contributed by atoms with Crippen molar-refractivity contribution >= 4 is 23.2 Å². The maximum absolute atomic E-state index is 5.39. The quantitative estimate of drug-likeness (QED) is 0.575. The summed E-state index contributed by atoms with van der Waals surface area (Å²) in [5, 5.41) is 5.50. The Labute approximate surface area is 126 Å². The van der Waals surface area contributed by atoms with Gasteiger partial charge in [0.05, 0.1) is 12.6 Å². The van der Waals surface area contributed by atoms with E-state index in [1.807, 2.05) is 18.3 Å². The number of aryl methyl sites for hydroxylation is 1. The Hall–Kier alpha value is -1.93. The Balaban J connectivity index is 1.83. The molecule has 1 unspecified atom stereocenters. The van der Waals surface area contributed by atoms with Gasteiger partial charge in [-0.1, -0.05) is 0 Å². The highest BCUT2D eigenvalue weighted by molar-refractivity contribution is 7.10. The van der Waals surface area contributed by atoms with Gasteiger partial charge in [-0.3, -0.25) is 5.43 Å². The van der Waals surface area contributed by atoms with E-state index in [2.05, 4.69) is 37.1 Å². The molecule has 0 saturated heterocycles. The molecule has 2 aromatic heterocycles. The summed E-state index contributed by atoms with van der Waals surface area (Å²) in [5.74, 6) is 6.16. The lowest BCUT2D eigenvalue weighted by atomic mass is 9.94. The SMILES string of the molecule is CCOc1nc(NN)nc(NC2CCCc3sccc32)n1. The Morgan fingerprint density at radius 2 is 2.24 bits per heavy atom. The standard InChI is InChI=1S/C13H18N6OS/c1-2-20-13-17-11(16-12(18-13)19-14)15-9-4-3-5-10-8(9)6-7-21-10/h6-7,9H,2-5,14H2,1H3,(H2,15,16,17,18,19). The van der Waals surface area contributed by atoms with Gasteiger partial charge in [-0.05, 0) is 43.2 Å². The number of ether oxygens (including phenoxy) is 1. The number of hydrogen-bond donors (Lipinski definition) is 3. The molecule has 2 aromatic rings. The third kappa shape index (κ3) is 3.06. The molecule has 4 N–H and O–H groups in total. The molecule has 0 bridgehead atoms. The largest absolute Gasteiger partial charge is 0.464 e. The minimum absolute atomic E-state index is 0.225. The predicted molar refractivity (Wildman–Crippen MR) is 82.4 cm³/mol. The molecule has 3 rings (SSSR count). The molecule has 0 fully saturated rings. The fourth-order valence-corrected chi connectivity index (χ4v) is 3.46. The van der Waals surface area contributed by atoms with Gasteiger partial charge in [-0.15, -0.1) is 11.3 Å². The molecular weight excluding hydrogens is 288 g/mol. The van der Waals surface area contributed by atoms with Gasteiger partial charge >= 0.3 is 6.01 Å². The molecule has 0 spiro atoms. The van der Waals surface area contributed by atoms with E-state index < -0.39 is 0 Å². The zero-order valence-electron chi connectivity index (χ0n) is 11.8. The number of nitrogens with one attached hydrogen (secondary N) is 2. The van der Waals surface area contributed by atoms with Gasteiger partial charge in [0.1, 0.15) is 0 Å². The summed E-state index contributed by atoms with van der Waals surface area (Å²) < 4.78 is 5.34. The Kier molecular flexibility index (Phi) is 4.16. The van der Waals surface area contributed by atoms with Crippen LogP contribution in [0.3, 0.4) is 0 Å². The number of nitrogens with zero attached hydrogens (tertiary/aromatic N) is 3. The summed E-state index contributed by atoms with van der Waals surface area (Å²) in [6.07, 6.45) is 3.38. The lowest BCUT2D eigenvalue weighted by Crippen LogP contribution is -2.19. The number of nitrogens with two attached hydrogens (primary N) is 1. The Morgan fingerprint density at radius 3 is 3.05 bits per heavy atom. The molecule has 1 aliphatic rings. The second-order valence-corrected chi connectivity index (χ2v) is 5.73. The fraction of sp³-hybridized carbons (Fsp3) is 0.462. The molecule has 112 valence electrons. The number of fused-ring (bicyclic) bond motifs is 1. The second kappa shape index (κ2) is 6.23. The van der Waals surface area contributed by atoms with Crippen molar-refractivity contribution in [2.75, 3.05) is 17.3 Å². The van der Waals surface area contributed by atoms with Gasteiger partial charge in [-0.25, -0.2) is 5.84 Å². The highest BCUT2D eigenvalue weighted by Crippen LogP contribution is 2.35. The number of anilines is 2. The summed E-state index contributed by atoms with van der Waals surface area (Å²) in [6.45, 7) is 2.37. The summed E-state index contributed by atoms with van der Waals surface area (Å²) in [6, 6.07) is 2.66. The summed E-state index contributed by atoms with van der Waals surface area (Å²) in [7, 11) is 0. The van der Waals surface area contributed by atoms with Crippen LogP contribution in [0, 0.1) is 0 Å². The first-order valence-electron chi connectivity index (χ1n) is 6.98. The lowest BCUT2D eigenvalue weighted by Gasteiger charge is -2.23. The van der Waals surface area contributed by atoms with Crippen molar-refractivity contribution in [1.29, 1.82) is 0 Å². The third-order valence-corrected chi connectivity index (χ3v) is 4.37. The maximum atomic E-state index is 5.39. The van der Waals surface area contributed by atoms with E-state index in [1.54, 1.807) is 0 Å². The van der Waals surface area contributed by atoms with Gasteiger partial charge in [0, 0.05) is 4.88 Å². The van der Waals surface area contributed by atoms with Crippen molar-refractivity contribution in [3.8, 4) is 6.01 Å². The highest BCUT2D eigenvalue weighted by Gasteiger charge is 2.22. The molecule has 1 aliphatic carbocycles. The van der Waals surface area contributed by atoms with Gasteiger partial charge in [0.2, 0.25) is 11.9 Å². The maximum Gasteiger partial charge on any atom is 0.323 e. The third-order valence-electron chi connectivity index (χ3n) is 3.37. The van der Waals surface area contributed by atoms with Crippen LogP contribution >= 0.6 is 11.3 Å². The van der Waals surface area contributed by atoms with E-state index >= 15 is 0 Å². The van der Waals surface area contributed by atoms with Crippen molar-refractivity contribution in [2.45, 2.75) is 32.2 Å². The van der Waals surface area contributed by atoms with E-state index in [1.165, 1.54) is 10.4 Å². The summed E-state index contributed by atoms with van der Waals surface area (Å²) >= 11 is 1.81. The summed E-state index contributed by atoms with van der Waals surface area (Å²) in [4.78, 5) is 14.0. The first-order valence-corrected chi connectivity index (χ1v) is 7.86. The number of thiophene rings is 1. The molecule has 0 amide bonds. The topological polar surface area (TPSA) is 98.0 Å². The van der Waals surface area contributed by atoms with Crippen LogP contribution in [0.5, 0.6) is 6.01 Å². The molecule has 0 aromatic carbocycles. The second-order valence-electron chi connectivity index (χ2n) is 4.73. The zero-order valence-corrected chi connectivity index (χ0v) is 12.6. The lowest BCUT2D eigenvalue weighted by molar-refractivity contribution is 0.312. The van der Waals surface area contributed by atoms with E-state index in [9.17, 15) is 0 Å². The number of hydrogen-bond acceptors (Lipinski definition) is 8. The van der Waals surface area contributed by atoms with Crippen molar-refractivity contribution in [2.24, 2.45) is 5.84 Å². The highest BCUT2D eigenvalue weighted by atomic mass is 32.1. The molecule has 21 heavy (non-hydrogen) atoms. The fourth-order valence-electron chi connectivity index (χ4n) is 2.47. The molecule has 0 aliphatic heterocycles. The molecule has 8 heteroatoms. The number of hydrazine groups is 1. The smallest absolute Gasteiger partial charge is 0.323 e. The van der Waals surface area contributed by atoms with Crippen LogP contribution in [-0.4, -0.2) is 21.6 Å². The molecule has 0 saturated carbocycles. The van der Waals surface area contributed by atoms with Gasteiger partial charge in [0.15, 0.2) is 0 Å². The molecular formula is C13H18N6OS. The predicted octanol–water partition coefficient (Wildman–Crippen LogP) is 2.11. The molecule has 7 nitrogen and oxygen atoms in total. The molecule has 0 radical (unpaired) electrons. The van der Waals surface area contributed by atoms with Gasteiger partial charge < -0.3 is 10.1 Å². The van der Waals surface area contributed by atoms with Crippen LogP contribution in [0.4, 0.5) is 11.9 Å². The van der Waals surface area contributed by atoms with Gasteiger partial charge in [-0.2, -0.15) is 15.0 Å². The van der Waals surface area contributed by atoms with E-state index in [-0.39, 0.29) is 18.0 Å². The average molecular weight is 306 g/mol. The van der Waals surface area contributed by atoms with E-state index in [4.69, 9.17) is 10.6 Å². The molecule has 2 heterocycles. The van der Waals surface area contributed by atoms with Gasteiger partial charge in [0.25, 0.3) is 0 Å². The van der Waals surface area contributed by atoms with Crippen LogP contribution in [-0.2, 0) is 6.42 Å². The normalized spacial score (nSPS) is 17.1. The van der Waals surface area contributed by atoms with Crippen molar-refractivity contribution in [3.05, 3.63) is 21.9 Å². The first kappa shape index (κ1) is 14.0. The first-order chi connectivity index (χ1) is 10.3. The van der Waals surface area contributed by atoms with Crippen LogP contribution in [0.15, 0.2) is 11.4 Å². The Bertz CT molecular complexity index is 616. The minimum Gasteiger partial charge on any atom is -0.464 e. The van der Waals surface area contributed by atoms with Crippen molar-refractivity contribution in [3.63, 3.8) is 0 Å². The van der Waals surface area contributed by atoms with E-state index in [0.29, 0.717) is 12.6 Å². The molecule has 1 atom stereocenters. The van der Waals surface area contributed by atoms with Crippen molar-refractivity contribution < 1.29 is 4.74 Å². The number of rotatable bonds is 5. The Morgan fingerprint density at radius 1 is 1.38 bits per heavy atom. The van der Waals surface area contributed by atoms with Crippen LogP contribution < -0.4 is 21.3 Å². The zero-order chi connectivity index (χ0) is 14.7. The minimum atomic E-state index is 0.225. The van der Waals surface area contributed by atoms with Crippen LogP contribution in [0.25, 0.3) is 0 Å². The number of aromatic nitrogens is 3. The van der Waals surface area contributed by atoms with E-state index in [0.717, 1.165) is 19.3 Å². The van der Waals surface area contributed by atoms with Crippen LogP contribution in [0.1, 0.15) is 36.2 Å². The van der Waals surface area contributed by atoms with Crippen LogP contribution in [0.2, 0.25) is 0 Å². The number of nitrogen functional groups attached to an aromatic ring is 1. The average Bonchev–Trinajstić information content (AvgIpc) is 2.97. The summed E-state index contributed by atoms with van der Waals surface area (Å²) in [5.41, 5.74) is 3.78.